The molecule has 0 radical (unpaired) electrons. The fraction of sp³-hybridized carbons (Fsp3) is 0.833. The van der Waals surface area contributed by atoms with Crippen molar-refractivity contribution in [3.8, 4) is 0 Å². The van der Waals surface area contributed by atoms with Crippen molar-refractivity contribution < 1.29 is 0 Å². The van der Waals surface area contributed by atoms with Crippen molar-refractivity contribution in [3.63, 3.8) is 0 Å². The lowest BCUT2D eigenvalue weighted by Crippen LogP contribution is -2.31. The van der Waals surface area contributed by atoms with Gasteiger partial charge in [-0.3, -0.25) is 0 Å². The van der Waals surface area contributed by atoms with Gasteiger partial charge in [0.1, 0.15) is 0 Å². The zero-order valence-corrected chi connectivity index (χ0v) is 10.3. The topological polar surface area (TPSA) is 42.7 Å². The van der Waals surface area contributed by atoms with Gasteiger partial charge in [0.05, 0.1) is 11.9 Å². The van der Waals surface area contributed by atoms with E-state index in [1.165, 1.54) is 25.1 Å². The van der Waals surface area contributed by atoms with Crippen LogP contribution in [0.4, 0.5) is 0 Å². The summed E-state index contributed by atoms with van der Waals surface area (Å²) in [5.74, 6) is 1.39. The van der Waals surface area contributed by atoms with E-state index >= 15 is 0 Å². The molecule has 1 aliphatic heterocycles. The molecule has 1 atom stereocenters. The molecule has 1 fully saturated rings. The largest absolute Gasteiger partial charge is 0.316 e. The summed E-state index contributed by atoms with van der Waals surface area (Å²) in [7, 11) is 0. The summed E-state index contributed by atoms with van der Waals surface area (Å²) in [6.07, 6.45) is 5.68. The predicted octanol–water partition coefficient (Wildman–Crippen LogP) is 1.48. The molecule has 1 saturated heterocycles. The second kappa shape index (κ2) is 5.43. The van der Waals surface area contributed by atoms with E-state index in [0.717, 1.165) is 25.4 Å². The fourth-order valence-electron chi connectivity index (χ4n) is 2.33. The number of hydrogen-bond acceptors (Lipinski definition) is 3. The Hall–Kier alpha value is -0.900. The monoisotopic (exact) mass is 222 g/mol. The lowest BCUT2D eigenvalue weighted by molar-refractivity contribution is 0.361. The highest BCUT2D eigenvalue weighted by atomic mass is 15.4. The molecule has 0 spiro atoms. The molecule has 1 unspecified atom stereocenters. The van der Waals surface area contributed by atoms with E-state index in [4.69, 9.17) is 0 Å². The van der Waals surface area contributed by atoms with Crippen molar-refractivity contribution in [2.45, 2.75) is 39.7 Å². The summed E-state index contributed by atoms with van der Waals surface area (Å²) in [5.41, 5.74) is 1.29. The molecule has 0 aromatic carbocycles. The molecule has 2 rings (SSSR count). The second-order valence-electron chi connectivity index (χ2n) is 5.22. The molecule has 1 aliphatic rings. The highest BCUT2D eigenvalue weighted by Gasteiger charge is 2.16. The van der Waals surface area contributed by atoms with Crippen LogP contribution in [0.1, 0.15) is 32.4 Å². The standard InChI is InChI=1S/C12H22N4/c1-10(2)9-16-12(8-14-15-16)6-11-4-3-5-13-7-11/h8,10-11,13H,3-7,9H2,1-2H3. The minimum Gasteiger partial charge on any atom is -0.316 e. The van der Waals surface area contributed by atoms with E-state index in [1.807, 2.05) is 6.20 Å². The summed E-state index contributed by atoms with van der Waals surface area (Å²) in [4.78, 5) is 0. The molecule has 0 aliphatic carbocycles. The average Bonchev–Trinajstić information content (AvgIpc) is 2.66. The van der Waals surface area contributed by atoms with Gasteiger partial charge in [0.15, 0.2) is 0 Å². The van der Waals surface area contributed by atoms with E-state index in [0.29, 0.717) is 5.92 Å². The quantitative estimate of drug-likeness (QED) is 0.839. The Morgan fingerprint density at radius 1 is 1.56 bits per heavy atom. The number of nitrogens with one attached hydrogen (secondary N) is 1. The van der Waals surface area contributed by atoms with Crippen molar-refractivity contribution in [2.24, 2.45) is 11.8 Å². The number of rotatable bonds is 4. The first-order valence-corrected chi connectivity index (χ1v) is 6.34. The molecule has 0 bridgehead atoms. The van der Waals surface area contributed by atoms with Gasteiger partial charge in [-0.15, -0.1) is 5.10 Å². The number of nitrogens with zero attached hydrogens (tertiary/aromatic N) is 3. The third-order valence-electron chi connectivity index (χ3n) is 3.13. The van der Waals surface area contributed by atoms with Crippen LogP contribution in [-0.2, 0) is 13.0 Å². The van der Waals surface area contributed by atoms with Crippen molar-refractivity contribution in [2.75, 3.05) is 13.1 Å². The summed E-state index contributed by atoms with van der Waals surface area (Å²) >= 11 is 0. The van der Waals surface area contributed by atoms with Gasteiger partial charge in [-0.2, -0.15) is 0 Å². The van der Waals surface area contributed by atoms with Crippen LogP contribution in [0.5, 0.6) is 0 Å². The third-order valence-corrected chi connectivity index (χ3v) is 3.13. The maximum absolute atomic E-state index is 4.17. The van der Waals surface area contributed by atoms with Crippen molar-refractivity contribution >= 4 is 0 Å². The smallest absolute Gasteiger partial charge is 0.0725 e. The van der Waals surface area contributed by atoms with E-state index in [-0.39, 0.29) is 0 Å². The summed E-state index contributed by atoms with van der Waals surface area (Å²) in [6, 6.07) is 0. The third kappa shape index (κ3) is 3.04. The number of aromatic nitrogens is 3. The maximum Gasteiger partial charge on any atom is 0.0725 e. The fourth-order valence-corrected chi connectivity index (χ4v) is 2.33. The molecule has 90 valence electrons. The average molecular weight is 222 g/mol. The normalized spacial score (nSPS) is 21.6. The van der Waals surface area contributed by atoms with Gasteiger partial charge in [-0.25, -0.2) is 4.68 Å². The minimum atomic E-state index is 0.630. The Morgan fingerprint density at radius 3 is 3.12 bits per heavy atom. The van der Waals surface area contributed by atoms with Gasteiger partial charge in [0.25, 0.3) is 0 Å². The lowest BCUT2D eigenvalue weighted by Gasteiger charge is -2.22. The van der Waals surface area contributed by atoms with Crippen LogP contribution in [0.2, 0.25) is 0 Å². The first kappa shape index (κ1) is 11.6. The maximum atomic E-state index is 4.17. The molecule has 4 nitrogen and oxygen atoms in total. The van der Waals surface area contributed by atoms with Gasteiger partial charge >= 0.3 is 0 Å². The van der Waals surface area contributed by atoms with Crippen LogP contribution >= 0.6 is 0 Å². The number of hydrogen-bond donors (Lipinski definition) is 1. The van der Waals surface area contributed by atoms with Gasteiger partial charge in [0, 0.05) is 6.54 Å². The van der Waals surface area contributed by atoms with Crippen LogP contribution in [0, 0.1) is 11.8 Å². The SMILES string of the molecule is CC(C)Cn1nncc1CC1CCCNC1. The first-order chi connectivity index (χ1) is 7.75. The summed E-state index contributed by atoms with van der Waals surface area (Å²) in [6.45, 7) is 7.74. The summed E-state index contributed by atoms with van der Waals surface area (Å²) in [5, 5.41) is 11.7. The zero-order chi connectivity index (χ0) is 11.4. The van der Waals surface area contributed by atoms with Crippen LogP contribution in [0.3, 0.4) is 0 Å². The molecular formula is C12H22N4. The van der Waals surface area contributed by atoms with E-state index in [1.54, 1.807) is 0 Å². The zero-order valence-electron chi connectivity index (χ0n) is 10.3. The molecule has 1 aromatic rings. The van der Waals surface area contributed by atoms with Crippen LogP contribution in [0.15, 0.2) is 6.20 Å². The van der Waals surface area contributed by atoms with Crippen molar-refractivity contribution in [1.29, 1.82) is 0 Å². The molecule has 1 N–H and O–H groups in total. The van der Waals surface area contributed by atoms with E-state index in [9.17, 15) is 0 Å². The van der Waals surface area contributed by atoms with Gasteiger partial charge in [-0.05, 0) is 44.2 Å². The van der Waals surface area contributed by atoms with Crippen LogP contribution in [-0.4, -0.2) is 28.1 Å². The molecular weight excluding hydrogens is 200 g/mol. The van der Waals surface area contributed by atoms with Gasteiger partial charge in [-0.1, -0.05) is 19.1 Å². The summed E-state index contributed by atoms with van der Waals surface area (Å²) < 4.78 is 2.07. The Balaban J connectivity index is 1.94. The molecule has 4 heteroatoms. The molecule has 2 heterocycles. The van der Waals surface area contributed by atoms with Crippen LogP contribution in [0.25, 0.3) is 0 Å². The van der Waals surface area contributed by atoms with Gasteiger partial charge < -0.3 is 5.32 Å². The highest BCUT2D eigenvalue weighted by molar-refractivity contribution is 4.97. The predicted molar refractivity (Wildman–Crippen MR) is 64.2 cm³/mol. The molecule has 16 heavy (non-hydrogen) atoms. The van der Waals surface area contributed by atoms with Crippen molar-refractivity contribution in [3.05, 3.63) is 11.9 Å². The van der Waals surface area contributed by atoms with Gasteiger partial charge in [0.2, 0.25) is 0 Å². The van der Waals surface area contributed by atoms with E-state index < -0.39 is 0 Å². The highest BCUT2D eigenvalue weighted by Crippen LogP contribution is 2.16. The Morgan fingerprint density at radius 2 is 2.44 bits per heavy atom. The van der Waals surface area contributed by atoms with E-state index in [2.05, 4.69) is 34.2 Å². The molecule has 0 saturated carbocycles. The Labute approximate surface area is 97.4 Å². The first-order valence-electron chi connectivity index (χ1n) is 6.34. The Bertz CT molecular complexity index is 313. The number of piperidine rings is 1. The molecule has 0 amide bonds. The molecule has 1 aromatic heterocycles. The Kier molecular flexibility index (Phi) is 3.93. The minimum absolute atomic E-state index is 0.630. The van der Waals surface area contributed by atoms with Crippen molar-refractivity contribution in [1.82, 2.24) is 20.3 Å². The second-order valence-corrected chi connectivity index (χ2v) is 5.22. The van der Waals surface area contributed by atoms with Crippen LogP contribution < -0.4 is 5.32 Å². The lowest BCUT2D eigenvalue weighted by atomic mass is 9.95.